The van der Waals surface area contributed by atoms with Crippen molar-refractivity contribution < 1.29 is 9.59 Å². The third kappa shape index (κ3) is 3.09. The Morgan fingerprint density at radius 3 is 2.41 bits per heavy atom. The van der Waals surface area contributed by atoms with Crippen LogP contribution in [0.3, 0.4) is 0 Å². The molecule has 7 rings (SSSR count). The molecule has 1 aromatic carbocycles. The molecule has 32 heavy (non-hydrogen) atoms. The fourth-order valence-electron chi connectivity index (χ4n) is 7.89. The Kier molecular flexibility index (Phi) is 4.63. The molecule has 2 aromatic rings. The van der Waals surface area contributed by atoms with Crippen LogP contribution in [0.1, 0.15) is 70.2 Å². The monoisotopic (exact) mass is 434 g/mol. The minimum absolute atomic E-state index is 0.0277. The maximum atomic E-state index is 13.9. The Balaban J connectivity index is 1.19. The second kappa shape index (κ2) is 7.32. The molecule has 2 atom stereocenters. The lowest BCUT2D eigenvalue weighted by Gasteiger charge is -2.56. The van der Waals surface area contributed by atoms with E-state index in [-0.39, 0.29) is 29.3 Å². The van der Waals surface area contributed by atoms with Crippen LogP contribution in [-0.4, -0.2) is 38.9 Å². The average molecular weight is 435 g/mol. The number of nitrogens with one attached hydrogen (secondary N) is 1. The maximum Gasteiger partial charge on any atom is 0.243 e. The first-order valence-corrected chi connectivity index (χ1v) is 12.5. The number of aromatic nitrogens is 2. The molecule has 1 N–H and O–H groups in total. The van der Waals surface area contributed by atoms with Gasteiger partial charge in [0.25, 0.3) is 0 Å². The number of likely N-dealkylation sites (tertiary alicyclic amines) is 1. The number of fused-ring (bicyclic) bond motifs is 1. The highest BCUT2D eigenvalue weighted by Gasteiger charge is 2.56. The van der Waals surface area contributed by atoms with E-state index in [1.54, 1.807) is 0 Å². The lowest BCUT2D eigenvalue weighted by Crippen LogP contribution is -2.57. The number of amides is 2. The van der Waals surface area contributed by atoms with Crippen LogP contribution >= 0.6 is 0 Å². The number of carbonyl (C=O) groups excluding carboxylic acids is 2. The van der Waals surface area contributed by atoms with Gasteiger partial charge in [0.1, 0.15) is 11.9 Å². The minimum atomic E-state index is -0.340. The lowest BCUT2D eigenvalue weighted by atomic mass is 9.49. The normalized spacial score (nSPS) is 34.2. The number of imidazole rings is 1. The fraction of sp³-hybridized carbons (Fsp3) is 0.654. The number of carbonyl (C=O) groups is 2. The molecule has 1 saturated heterocycles. The standard InChI is InChI=1S/C26H34N4O2/c1-16(23-28-20-6-3-4-7-21(20)29(23)2)27-24(31)22-8-5-9-30(22)25(32)26-13-17-10-18(14-26)12-19(11-17)15-26/h3-4,6-7,16-19,22H,5,8-15H2,1-2H3,(H,27,31)/t16-,17?,18?,19?,22-,26?/m1/s1. The topological polar surface area (TPSA) is 67.2 Å². The molecular formula is C26H34N4O2. The van der Waals surface area contributed by atoms with E-state index in [4.69, 9.17) is 4.98 Å². The van der Waals surface area contributed by atoms with Gasteiger partial charge in [-0.25, -0.2) is 4.98 Å². The number of hydrogen-bond acceptors (Lipinski definition) is 3. The quantitative estimate of drug-likeness (QED) is 0.792. The van der Waals surface area contributed by atoms with Gasteiger partial charge in [0, 0.05) is 13.6 Å². The van der Waals surface area contributed by atoms with E-state index in [2.05, 4.69) is 5.32 Å². The summed E-state index contributed by atoms with van der Waals surface area (Å²) in [5.74, 6) is 3.30. The summed E-state index contributed by atoms with van der Waals surface area (Å²) in [4.78, 5) is 33.9. The van der Waals surface area contributed by atoms with Gasteiger partial charge in [0.15, 0.2) is 0 Å². The van der Waals surface area contributed by atoms with Crippen LogP contribution in [0.15, 0.2) is 24.3 Å². The SMILES string of the molecule is C[C@@H](NC(=O)[C@H]1CCCN1C(=O)C12CC3CC(CC(C3)C1)C2)c1nc2ccccc2n1C. The summed E-state index contributed by atoms with van der Waals surface area (Å²) in [5, 5.41) is 3.18. The van der Waals surface area contributed by atoms with Crippen LogP contribution in [0.4, 0.5) is 0 Å². The lowest BCUT2D eigenvalue weighted by molar-refractivity contribution is -0.160. The summed E-state index contributed by atoms with van der Waals surface area (Å²) in [6.07, 6.45) is 8.82. The van der Waals surface area contributed by atoms with Gasteiger partial charge < -0.3 is 14.8 Å². The highest BCUT2D eigenvalue weighted by molar-refractivity contribution is 5.91. The van der Waals surface area contributed by atoms with E-state index in [9.17, 15) is 9.59 Å². The van der Waals surface area contributed by atoms with E-state index in [1.807, 2.05) is 47.7 Å². The van der Waals surface area contributed by atoms with Crippen molar-refractivity contribution in [3.8, 4) is 0 Å². The summed E-state index contributed by atoms with van der Waals surface area (Å²) in [7, 11) is 1.99. The van der Waals surface area contributed by atoms with Crippen molar-refractivity contribution in [1.29, 1.82) is 0 Å². The molecular weight excluding hydrogens is 400 g/mol. The zero-order valence-electron chi connectivity index (χ0n) is 19.2. The number of hydrogen-bond donors (Lipinski definition) is 1. The van der Waals surface area contributed by atoms with E-state index in [1.165, 1.54) is 19.3 Å². The Morgan fingerprint density at radius 1 is 1.09 bits per heavy atom. The third-order valence-electron chi connectivity index (χ3n) is 8.88. The van der Waals surface area contributed by atoms with Gasteiger partial charge in [-0.1, -0.05) is 12.1 Å². The molecule has 4 saturated carbocycles. The van der Waals surface area contributed by atoms with Crippen molar-refractivity contribution in [3.05, 3.63) is 30.1 Å². The van der Waals surface area contributed by atoms with E-state index in [0.29, 0.717) is 0 Å². The van der Waals surface area contributed by atoms with Crippen molar-refractivity contribution in [2.45, 2.75) is 70.4 Å². The largest absolute Gasteiger partial charge is 0.345 e. The number of rotatable bonds is 4. The Labute approximate surface area is 189 Å². The van der Waals surface area contributed by atoms with Gasteiger partial charge in [0.2, 0.25) is 11.8 Å². The first kappa shape index (κ1) is 20.3. The zero-order chi connectivity index (χ0) is 22.0. The first-order chi connectivity index (χ1) is 15.4. The number of para-hydroxylation sites is 2. The van der Waals surface area contributed by atoms with Crippen molar-refractivity contribution in [2.75, 3.05) is 6.54 Å². The molecule has 170 valence electrons. The average Bonchev–Trinajstić information content (AvgIpc) is 3.38. The zero-order valence-corrected chi connectivity index (χ0v) is 19.2. The number of benzene rings is 1. The van der Waals surface area contributed by atoms with E-state index < -0.39 is 0 Å². The van der Waals surface area contributed by atoms with Crippen molar-refractivity contribution in [2.24, 2.45) is 30.2 Å². The highest BCUT2D eigenvalue weighted by Crippen LogP contribution is 2.60. The van der Waals surface area contributed by atoms with Crippen LogP contribution in [0.5, 0.6) is 0 Å². The molecule has 2 heterocycles. The fourth-order valence-corrected chi connectivity index (χ4v) is 7.89. The van der Waals surface area contributed by atoms with Gasteiger partial charge in [-0.3, -0.25) is 9.59 Å². The van der Waals surface area contributed by atoms with Crippen LogP contribution in [0, 0.1) is 23.2 Å². The molecule has 5 aliphatic rings. The highest BCUT2D eigenvalue weighted by atomic mass is 16.2. The molecule has 1 aromatic heterocycles. The Morgan fingerprint density at radius 2 is 1.75 bits per heavy atom. The molecule has 4 aliphatic carbocycles. The molecule has 6 nitrogen and oxygen atoms in total. The van der Waals surface area contributed by atoms with Gasteiger partial charge in [-0.15, -0.1) is 0 Å². The molecule has 4 bridgehead atoms. The van der Waals surface area contributed by atoms with Gasteiger partial charge >= 0.3 is 0 Å². The minimum Gasteiger partial charge on any atom is -0.345 e. The first-order valence-electron chi connectivity index (χ1n) is 12.5. The summed E-state index contributed by atoms with van der Waals surface area (Å²) in [6, 6.07) is 7.47. The summed E-state index contributed by atoms with van der Waals surface area (Å²) >= 11 is 0. The van der Waals surface area contributed by atoms with E-state index in [0.717, 1.165) is 73.3 Å². The van der Waals surface area contributed by atoms with E-state index >= 15 is 0 Å². The number of nitrogens with zero attached hydrogens (tertiary/aromatic N) is 3. The molecule has 1 aliphatic heterocycles. The van der Waals surface area contributed by atoms with Crippen LogP contribution < -0.4 is 5.32 Å². The third-order valence-corrected chi connectivity index (χ3v) is 8.88. The van der Waals surface area contributed by atoms with Crippen molar-refractivity contribution >= 4 is 22.8 Å². The summed E-state index contributed by atoms with van der Waals surface area (Å²) < 4.78 is 2.05. The summed E-state index contributed by atoms with van der Waals surface area (Å²) in [6.45, 7) is 2.71. The van der Waals surface area contributed by atoms with Gasteiger partial charge in [0.05, 0.1) is 22.5 Å². The molecule has 2 amide bonds. The van der Waals surface area contributed by atoms with Crippen molar-refractivity contribution in [3.63, 3.8) is 0 Å². The predicted molar refractivity (Wildman–Crippen MR) is 123 cm³/mol. The van der Waals surface area contributed by atoms with Gasteiger partial charge in [-0.05, 0) is 88.2 Å². The van der Waals surface area contributed by atoms with Crippen LogP contribution in [-0.2, 0) is 16.6 Å². The Bertz CT molecular complexity index is 1040. The second-order valence-corrected chi connectivity index (χ2v) is 11.1. The Hall–Kier alpha value is -2.37. The molecule has 5 fully saturated rings. The molecule has 0 spiro atoms. The molecule has 0 unspecified atom stereocenters. The van der Waals surface area contributed by atoms with Crippen molar-refractivity contribution in [1.82, 2.24) is 19.8 Å². The predicted octanol–water partition coefficient (Wildman–Crippen LogP) is 3.96. The van der Waals surface area contributed by atoms with Crippen LogP contribution in [0.2, 0.25) is 0 Å². The smallest absolute Gasteiger partial charge is 0.243 e. The summed E-state index contributed by atoms with van der Waals surface area (Å²) in [5.41, 5.74) is 1.81. The second-order valence-electron chi connectivity index (χ2n) is 11.1. The van der Waals surface area contributed by atoms with Gasteiger partial charge in [-0.2, -0.15) is 0 Å². The van der Waals surface area contributed by atoms with Crippen LogP contribution in [0.25, 0.3) is 11.0 Å². The molecule has 0 radical (unpaired) electrons. The number of aryl methyl sites for hydroxylation is 1. The maximum absolute atomic E-state index is 13.9. The molecule has 6 heteroatoms.